The maximum atomic E-state index is 12.3. The van der Waals surface area contributed by atoms with E-state index in [-0.39, 0.29) is 17.6 Å². The van der Waals surface area contributed by atoms with Crippen LogP contribution in [0.1, 0.15) is 35.3 Å². The minimum Gasteiger partial charge on any atom is -0.494 e. The molecule has 1 N–H and O–H groups in total. The van der Waals surface area contributed by atoms with Gasteiger partial charge in [-0.3, -0.25) is 9.59 Å². The first-order chi connectivity index (χ1) is 12.0. The van der Waals surface area contributed by atoms with Crippen molar-refractivity contribution in [3.05, 3.63) is 57.5 Å². The minimum absolute atomic E-state index is 0.153. The highest BCUT2D eigenvalue weighted by Gasteiger charge is 2.22. The van der Waals surface area contributed by atoms with Crippen LogP contribution < -0.4 is 20.3 Å². The van der Waals surface area contributed by atoms with Crippen LogP contribution in [0.3, 0.4) is 0 Å². The molecule has 3 rings (SSSR count). The van der Waals surface area contributed by atoms with Gasteiger partial charge in [0.15, 0.2) is 0 Å². The molecule has 0 radical (unpaired) electrons. The normalized spacial score (nSPS) is 15.4. The number of hydrogen-bond acceptors (Lipinski definition) is 4. The summed E-state index contributed by atoms with van der Waals surface area (Å²) in [5.74, 6) is 1.37. The van der Waals surface area contributed by atoms with E-state index < -0.39 is 0 Å². The first kappa shape index (κ1) is 17.1. The third-order valence-corrected chi connectivity index (χ3v) is 4.17. The first-order valence-electron chi connectivity index (χ1n) is 8.38. The molecule has 132 valence electrons. The average molecular weight is 342 g/mol. The van der Waals surface area contributed by atoms with Gasteiger partial charge in [-0.15, -0.1) is 0 Å². The molecule has 0 aliphatic carbocycles. The standard InChI is InChI=1S/C19H22N2O4/c1-4-24-16-8-14-7-12(2)25-17(14)9-15(16)10-20-19(23)13-5-6-18(22)21(3)11-13/h5-6,8-9,11-12H,4,7,10H2,1-3H3,(H,20,23)/t12-/m1/s1. The molecular weight excluding hydrogens is 320 g/mol. The molecule has 0 unspecified atom stereocenters. The lowest BCUT2D eigenvalue weighted by molar-refractivity contribution is 0.0949. The number of carbonyl (C=O) groups is 1. The Morgan fingerprint density at radius 1 is 1.40 bits per heavy atom. The van der Waals surface area contributed by atoms with Crippen LogP contribution in [0.5, 0.6) is 11.5 Å². The molecule has 1 aromatic heterocycles. The zero-order valence-electron chi connectivity index (χ0n) is 14.7. The van der Waals surface area contributed by atoms with Gasteiger partial charge in [0, 0.05) is 43.4 Å². The van der Waals surface area contributed by atoms with Gasteiger partial charge >= 0.3 is 0 Å². The maximum absolute atomic E-state index is 12.3. The van der Waals surface area contributed by atoms with Crippen LogP contribution in [0.2, 0.25) is 0 Å². The topological polar surface area (TPSA) is 69.6 Å². The summed E-state index contributed by atoms with van der Waals surface area (Å²) in [5.41, 5.74) is 2.28. The van der Waals surface area contributed by atoms with E-state index in [0.29, 0.717) is 18.7 Å². The van der Waals surface area contributed by atoms with E-state index in [0.717, 1.165) is 29.0 Å². The summed E-state index contributed by atoms with van der Waals surface area (Å²) < 4.78 is 12.9. The van der Waals surface area contributed by atoms with Gasteiger partial charge in [0.25, 0.3) is 5.91 Å². The summed E-state index contributed by atoms with van der Waals surface area (Å²) in [6, 6.07) is 6.83. The molecule has 0 saturated heterocycles. The SMILES string of the molecule is CCOc1cc2c(cc1CNC(=O)c1ccc(=O)n(C)c1)O[C@H](C)C2. The zero-order chi connectivity index (χ0) is 18.0. The van der Waals surface area contributed by atoms with E-state index in [1.807, 2.05) is 26.0 Å². The summed E-state index contributed by atoms with van der Waals surface area (Å²) in [4.78, 5) is 23.8. The Bertz CT molecular complexity index is 857. The molecular formula is C19H22N2O4. The van der Waals surface area contributed by atoms with E-state index in [1.54, 1.807) is 7.05 Å². The lowest BCUT2D eigenvalue weighted by Gasteiger charge is -2.13. The number of benzene rings is 1. The Labute approximate surface area is 146 Å². The number of ether oxygens (including phenoxy) is 2. The molecule has 2 heterocycles. The fourth-order valence-electron chi connectivity index (χ4n) is 2.92. The van der Waals surface area contributed by atoms with Crippen LogP contribution in [-0.4, -0.2) is 23.2 Å². The van der Waals surface area contributed by atoms with E-state index >= 15 is 0 Å². The minimum atomic E-state index is -0.243. The Morgan fingerprint density at radius 3 is 2.92 bits per heavy atom. The number of aromatic nitrogens is 1. The van der Waals surface area contributed by atoms with Gasteiger partial charge in [0.1, 0.15) is 17.6 Å². The number of hydrogen-bond donors (Lipinski definition) is 1. The number of nitrogens with one attached hydrogen (secondary N) is 1. The summed E-state index contributed by atoms with van der Waals surface area (Å²) in [7, 11) is 1.62. The second kappa shape index (κ2) is 7.01. The van der Waals surface area contributed by atoms with Gasteiger partial charge in [-0.2, -0.15) is 0 Å². The number of fused-ring (bicyclic) bond motifs is 1. The molecule has 2 aromatic rings. The fraction of sp³-hybridized carbons (Fsp3) is 0.368. The molecule has 1 amide bonds. The number of carbonyl (C=O) groups excluding carboxylic acids is 1. The highest BCUT2D eigenvalue weighted by molar-refractivity contribution is 5.93. The number of nitrogens with zero attached hydrogens (tertiary/aromatic N) is 1. The van der Waals surface area contributed by atoms with Gasteiger partial charge in [-0.05, 0) is 32.0 Å². The first-order valence-corrected chi connectivity index (χ1v) is 8.38. The number of aryl methyl sites for hydroxylation is 1. The van der Waals surface area contributed by atoms with Crippen molar-refractivity contribution >= 4 is 5.91 Å². The van der Waals surface area contributed by atoms with Gasteiger partial charge in [-0.1, -0.05) is 0 Å². The molecule has 0 spiro atoms. The van der Waals surface area contributed by atoms with E-state index in [9.17, 15) is 9.59 Å². The van der Waals surface area contributed by atoms with Crippen molar-refractivity contribution in [3.63, 3.8) is 0 Å². The second-order valence-corrected chi connectivity index (χ2v) is 6.18. The van der Waals surface area contributed by atoms with Gasteiger partial charge in [-0.25, -0.2) is 0 Å². The predicted molar refractivity (Wildman–Crippen MR) is 94.3 cm³/mol. The molecule has 1 aromatic carbocycles. The molecule has 0 bridgehead atoms. The molecule has 1 aliphatic rings. The highest BCUT2D eigenvalue weighted by Crippen LogP contribution is 2.35. The van der Waals surface area contributed by atoms with E-state index in [2.05, 4.69) is 5.32 Å². The fourth-order valence-corrected chi connectivity index (χ4v) is 2.92. The molecule has 1 aliphatic heterocycles. The quantitative estimate of drug-likeness (QED) is 0.903. The van der Waals surface area contributed by atoms with Gasteiger partial charge in [0.2, 0.25) is 5.56 Å². The third kappa shape index (κ3) is 3.68. The Morgan fingerprint density at radius 2 is 2.20 bits per heavy atom. The molecule has 6 nitrogen and oxygen atoms in total. The van der Waals surface area contributed by atoms with Crippen LogP contribution >= 0.6 is 0 Å². The third-order valence-electron chi connectivity index (χ3n) is 4.17. The average Bonchev–Trinajstić information content (AvgIpc) is 2.94. The smallest absolute Gasteiger partial charge is 0.253 e. The Balaban J connectivity index is 1.78. The van der Waals surface area contributed by atoms with Crippen molar-refractivity contribution in [3.8, 4) is 11.5 Å². The van der Waals surface area contributed by atoms with Crippen LogP contribution in [0.15, 0.2) is 35.3 Å². The number of amides is 1. The van der Waals surface area contributed by atoms with Crippen molar-refractivity contribution < 1.29 is 14.3 Å². The van der Waals surface area contributed by atoms with Crippen molar-refractivity contribution in [2.24, 2.45) is 7.05 Å². The van der Waals surface area contributed by atoms with Crippen LogP contribution in [0.4, 0.5) is 0 Å². The predicted octanol–water partition coefficient (Wildman–Crippen LogP) is 2.04. The second-order valence-electron chi connectivity index (χ2n) is 6.18. The van der Waals surface area contributed by atoms with E-state index in [4.69, 9.17) is 9.47 Å². The number of pyridine rings is 1. The summed E-state index contributed by atoms with van der Waals surface area (Å²) in [6.45, 7) is 4.83. The number of rotatable bonds is 5. The zero-order valence-corrected chi connectivity index (χ0v) is 14.7. The molecule has 0 fully saturated rings. The lowest BCUT2D eigenvalue weighted by atomic mass is 10.1. The van der Waals surface area contributed by atoms with E-state index in [1.165, 1.54) is 22.9 Å². The summed E-state index contributed by atoms with van der Waals surface area (Å²) in [6.07, 6.45) is 2.54. The van der Waals surface area contributed by atoms with Crippen molar-refractivity contribution in [1.29, 1.82) is 0 Å². The molecule has 1 atom stereocenters. The largest absolute Gasteiger partial charge is 0.494 e. The van der Waals surface area contributed by atoms with Gasteiger partial charge in [0.05, 0.1) is 12.2 Å². The maximum Gasteiger partial charge on any atom is 0.253 e. The molecule has 0 saturated carbocycles. The molecule has 6 heteroatoms. The van der Waals surface area contributed by atoms with Gasteiger partial charge < -0.3 is 19.4 Å². The highest BCUT2D eigenvalue weighted by atomic mass is 16.5. The van der Waals surface area contributed by atoms with Crippen molar-refractivity contribution in [1.82, 2.24) is 9.88 Å². The monoisotopic (exact) mass is 342 g/mol. The van der Waals surface area contributed by atoms with Crippen LogP contribution in [0.25, 0.3) is 0 Å². The summed E-state index contributed by atoms with van der Waals surface area (Å²) >= 11 is 0. The Hall–Kier alpha value is -2.76. The van der Waals surface area contributed by atoms with Crippen molar-refractivity contribution in [2.75, 3.05) is 6.61 Å². The summed E-state index contributed by atoms with van der Waals surface area (Å²) in [5, 5.41) is 2.87. The Kier molecular flexibility index (Phi) is 4.79. The van der Waals surface area contributed by atoms with Crippen LogP contribution in [0, 0.1) is 0 Å². The lowest BCUT2D eigenvalue weighted by Crippen LogP contribution is -2.25. The van der Waals surface area contributed by atoms with Crippen LogP contribution in [-0.2, 0) is 20.0 Å². The molecule has 25 heavy (non-hydrogen) atoms. The van der Waals surface area contributed by atoms with Crippen molar-refractivity contribution in [2.45, 2.75) is 32.9 Å².